The number of rotatable bonds is 4. The zero-order chi connectivity index (χ0) is 13.0. The quantitative estimate of drug-likeness (QED) is 0.878. The number of likely N-dealkylation sites (N-methyl/N-ethyl adjacent to an activating group) is 1. The Labute approximate surface area is 111 Å². The minimum atomic E-state index is 0.633. The first kappa shape index (κ1) is 13.5. The van der Waals surface area contributed by atoms with E-state index < -0.39 is 0 Å². The number of nitrogens with two attached hydrogens (primary N) is 1. The van der Waals surface area contributed by atoms with Crippen molar-refractivity contribution >= 4 is 0 Å². The fourth-order valence-corrected chi connectivity index (χ4v) is 2.80. The molecule has 1 aliphatic rings. The summed E-state index contributed by atoms with van der Waals surface area (Å²) in [7, 11) is 0. The standard InChI is InChI=1S/C15H25N3/c1-3-18-8-7-17(11-13(18)2)12-15-6-4-5-14(9-15)10-16/h4-6,9,13H,3,7-8,10-12,16H2,1-2H3. The maximum Gasteiger partial charge on any atom is 0.0235 e. The molecule has 1 fully saturated rings. The molecule has 0 aliphatic carbocycles. The molecular weight excluding hydrogens is 222 g/mol. The fourth-order valence-electron chi connectivity index (χ4n) is 2.80. The summed E-state index contributed by atoms with van der Waals surface area (Å²) in [6.07, 6.45) is 0. The summed E-state index contributed by atoms with van der Waals surface area (Å²) in [5, 5.41) is 0. The molecule has 1 aromatic rings. The van der Waals surface area contributed by atoms with E-state index in [4.69, 9.17) is 5.73 Å². The van der Waals surface area contributed by atoms with E-state index in [1.807, 2.05) is 0 Å². The molecule has 3 heteroatoms. The van der Waals surface area contributed by atoms with Crippen LogP contribution in [0.1, 0.15) is 25.0 Å². The van der Waals surface area contributed by atoms with Gasteiger partial charge in [0.05, 0.1) is 0 Å². The first-order chi connectivity index (χ1) is 8.72. The largest absolute Gasteiger partial charge is 0.326 e. The van der Waals surface area contributed by atoms with Crippen molar-refractivity contribution in [2.75, 3.05) is 26.2 Å². The van der Waals surface area contributed by atoms with Crippen molar-refractivity contribution in [2.45, 2.75) is 33.0 Å². The van der Waals surface area contributed by atoms with Gasteiger partial charge in [0.15, 0.2) is 0 Å². The van der Waals surface area contributed by atoms with Crippen LogP contribution >= 0.6 is 0 Å². The topological polar surface area (TPSA) is 32.5 Å². The van der Waals surface area contributed by atoms with Gasteiger partial charge in [-0.1, -0.05) is 31.2 Å². The van der Waals surface area contributed by atoms with Crippen molar-refractivity contribution in [2.24, 2.45) is 5.73 Å². The third-order valence-corrected chi connectivity index (χ3v) is 3.89. The average molecular weight is 247 g/mol. The van der Waals surface area contributed by atoms with Crippen LogP contribution in [0.4, 0.5) is 0 Å². The molecule has 0 aromatic heterocycles. The molecule has 1 aliphatic heterocycles. The van der Waals surface area contributed by atoms with Gasteiger partial charge < -0.3 is 5.73 Å². The summed E-state index contributed by atoms with van der Waals surface area (Å²) in [5.74, 6) is 0. The number of benzene rings is 1. The normalized spacial score (nSPS) is 22.3. The summed E-state index contributed by atoms with van der Waals surface area (Å²) in [5.41, 5.74) is 8.30. The molecule has 0 amide bonds. The second-order valence-electron chi connectivity index (χ2n) is 5.24. The van der Waals surface area contributed by atoms with Crippen molar-refractivity contribution in [1.82, 2.24) is 9.80 Å². The Hall–Kier alpha value is -0.900. The van der Waals surface area contributed by atoms with E-state index in [0.717, 1.165) is 13.1 Å². The van der Waals surface area contributed by atoms with Gasteiger partial charge >= 0.3 is 0 Å². The molecule has 1 saturated heterocycles. The van der Waals surface area contributed by atoms with Crippen LogP contribution in [0.5, 0.6) is 0 Å². The highest BCUT2D eigenvalue weighted by molar-refractivity contribution is 5.23. The third-order valence-electron chi connectivity index (χ3n) is 3.89. The summed E-state index contributed by atoms with van der Waals surface area (Å²) in [6, 6.07) is 9.32. The van der Waals surface area contributed by atoms with Crippen molar-refractivity contribution in [3.63, 3.8) is 0 Å². The monoisotopic (exact) mass is 247 g/mol. The van der Waals surface area contributed by atoms with Crippen molar-refractivity contribution in [1.29, 1.82) is 0 Å². The highest BCUT2D eigenvalue weighted by atomic mass is 15.3. The predicted octanol–water partition coefficient (Wildman–Crippen LogP) is 1.67. The Morgan fingerprint density at radius 2 is 2.06 bits per heavy atom. The lowest BCUT2D eigenvalue weighted by Crippen LogP contribution is -2.51. The summed E-state index contributed by atoms with van der Waals surface area (Å²) < 4.78 is 0. The highest BCUT2D eigenvalue weighted by Gasteiger charge is 2.21. The average Bonchev–Trinajstić information content (AvgIpc) is 2.39. The van der Waals surface area contributed by atoms with Gasteiger partial charge in [0, 0.05) is 38.8 Å². The number of piperazine rings is 1. The smallest absolute Gasteiger partial charge is 0.0235 e. The van der Waals surface area contributed by atoms with E-state index in [1.54, 1.807) is 0 Å². The molecule has 100 valence electrons. The van der Waals surface area contributed by atoms with Gasteiger partial charge in [-0.3, -0.25) is 9.80 Å². The van der Waals surface area contributed by atoms with E-state index in [9.17, 15) is 0 Å². The summed E-state index contributed by atoms with van der Waals surface area (Å²) >= 11 is 0. The summed E-state index contributed by atoms with van der Waals surface area (Å²) in [6.45, 7) is 10.9. The van der Waals surface area contributed by atoms with Crippen molar-refractivity contribution in [3.8, 4) is 0 Å². The molecular formula is C15H25N3. The second-order valence-corrected chi connectivity index (χ2v) is 5.24. The van der Waals surface area contributed by atoms with Crippen LogP contribution < -0.4 is 5.73 Å². The Morgan fingerprint density at radius 1 is 1.28 bits per heavy atom. The molecule has 2 N–H and O–H groups in total. The van der Waals surface area contributed by atoms with E-state index in [-0.39, 0.29) is 0 Å². The third kappa shape index (κ3) is 3.31. The van der Waals surface area contributed by atoms with E-state index in [2.05, 4.69) is 47.9 Å². The van der Waals surface area contributed by atoms with Crippen LogP contribution in [-0.4, -0.2) is 42.0 Å². The number of hydrogen-bond donors (Lipinski definition) is 1. The molecule has 1 heterocycles. The Morgan fingerprint density at radius 3 is 2.72 bits per heavy atom. The molecule has 1 unspecified atom stereocenters. The van der Waals surface area contributed by atoms with Gasteiger partial charge in [-0.15, -0.1) is 0 Å². The first-order valence-electron chi connectivity index (χ1n) is 6.97. The molecule has 1 atom stereocenters. The van der Waals surface area contributed by atoms with E-state index in [0.29, 0.717) is 12.6 Å². The van der Waals surface area contributed by atoms with Crippen LogP contribution in [0.25, 0.3) is 0 Å². The zero-order valence-electron chi connectivity index (χ0n) is 11.6. The SMILES string of the molecule is CCN1CCN(Cc2cccc(CN)c2)CC1C. The number of nitrogens with zero attached hydrogens (tertiary/aromatic N) is 2. The lowest BCUT2D eigenvalue weighted by molar-refractivity contribution is 0.0834. The van der Waals surface area contributed by atoms with Crippen LogP contribution in [0.15, 0.2) is 24.3 Å². The second kappa shape index (κ2) is 6.32. The lowest BCUT2D eigenvalue weighted by Gasteiger charge is -2.39. The van der Waals surface area contributed by atoms with Gasteiger partial charge in [0.2, 0.25) is 0 Å². The van der Waals surface area contributed by atoms with Gasteiger partial charge in [-0.25, -0.2) is 0 Å². The Kier molecular flexibility index (Phi) is 4.75. The Bertz CT molecular complexity index is 378. The predicted molar refractivity (Wildman–Crippen MR) is 76.3 cm³/mol. The molecule has 0 radical (unpaired) electrons. The molecule has 0 saturated carbocycles. The minimum Gasteiger partial charge on any atom is -0.326 e. The molecule has 0 bridgehead atoms. The van der Waals surface area contributed by atoms with Crippen LogP contribution in [0.2, 0.25) is 0 Å². The molecule has 2 rings (SSSR count). The molecule has 3 nitrogen and oxygen atoms in total. The van der Waals surface area contributed by atoms with Gasteiger partial charge in [-0.2, -0.15) is 0 Å². The Balaban J connectivity index is 1.93. The molecule has 18 heavy (non-hydrogen) atoms. The maximum atomic E-state index is 5.69. The fraction of sp³-hybridized carbons (Fsp3) is 0.600. The van der Waals surface area contributed by atoms with Crippen LogP contribution in [-0.2, 0) is 13.1 Å². The highest BCUT2D eigenvalue weighted by Crippen LogP contribution is 2.13. The van der Waals surface area contributed by atoms with Crippen LogP contribution in [0.3, 0.4) is 0 Å². The molecule has 1 aromatic carbocycles. The summed E-state index contributed by atoms with van der Waals surface area (Å²) in [4.78, 5) is 5.10. The van der Waals surface area contributed by atoms with E-state index >= 15 is 0 Å². The van der Waals surface area contributed by atoms with Gasteiger partial charge in [-0.05, 0) is 24.6 Å². The zero-order valence-corrected chi connectivity index (χ0v) is 11.6. The van der Waals surface area contributed by atoms with E-state index in [1.165, 1.54) is 30.8 Å². The lowest BCUT2D eigenvalue weighted by atomic mass is 10.1. The van der Waals surface area contributed by atoms with Gasteiger partial charge in [0.25, 0.3) is 0 Å². The number of hydrogen-bond acceptors (Lipinski definition) is 3. The molecule has 0 spiro atoms. The maximum absolute atomic E-state index is 5.69. The minimum absolute atomic E-state index is 0.633. The van der Waals surface area contributed by atoms with Gasteiger partial charge in [0.1, 0.15) is 0 Å². The van der Waals surface area contributed by atoms with Crippen molar-refractivity contribution < 1.29 is 0 Å². The first-order valence-corrected chi connectivity index (χ1v) is 6.97. The van der Waals surface area contributed by atoms with Crippen molar-refractivity contribution in [3.05, 3.63) is 35.4 Å². The van der Waals surface area contributed by atoms with Crippen LogP contribution in [0, 0.1) is 0 Å².